The molecule has 0 aromatic carbocycles. The van der Waals surface area contributed by atoms with Crippen LogP contribution < -0.4 is 5.32 Å². The number of aryl methyl sites for hydroxylation is 1. The summed E-state index contributed by atoms with van der Waals surface area (Å²) in [6.45, 7) is 2.64. The molecule has 0 saturated carbocycles. The molecule has 0 aliphatic carbocycles. The molecule has 14 heavy (non-hydrogen) atoms. The molecule has 0 aliphatic rings. The third-order valence-electron chi connectivity index (χ3n) is 1.79. The minimum Gasteiger partial charge on any atom is -0.350 e. The summed E-state index contributed by atoms with van der Waals surface area (Å²) in [7, 11) is 0. The van der Waals surface area contributed by atoms with E-state index < -0.39 is 0 Å². The van der Waals surface area contributed by atoms with Gasteiger partial charge in [-0.3, -0.25) is 5.10 Å². The third kappa shape index (κ3) is 2.07. The van der Waals surface area contributed by atoms with Gasteiger partial charge in [0.25, 0.3) is 0 Å². The molecule has 0 amide bonds. The first-order valence-corrected chi connectivity index (χ1v) is 4.35. The molecule has 2 rings (SSSR count). The molecule has 0 radical (unpaired) electrons. The number of hydrogen-bond acceptors (Lipinski definition) is 4. The molecule has 2 aromatic heterocycles. The Morgan fingerprint density at radius 3 is 2.71 bits per heavy atom. The van der Waals surface area contributed by atoms with Gasteiger partial charge in [-0.25, -0.2) is 9.97 Å². The van der Waals surface area contributed by atoms with Crippen LogP contribution in [0.4, 0.5) is 5.95 Å². The SMILES string of the molecule is Cc1cnc(NCc2cn[nH]c2)nc1. The van der Waals surface area contributed by atoms with Crippen molar-refractivity contribution in [2.75, 3.05) is 5.32 Å². The van der Waals surface area contributed by atoms with E-state index in [1.54, 1.807) is 18.6 Å². The van der Waals surface area contributed by atoms with E-state index in [4.69, 9.17) is 0 Å². The average Bonchev–Trinajstić information content (AvgIpc) is 2.70. The van der Waals surface area contributed by atoms with E-state index in [9.17, 15) is 0 Å². The molecule has 0 atom stereocenters. The number of nitrogens with one attached hydrogen (secondary N) is 2. The number of hydrogen-bond donors (Lipinski definition) is 2. The first kappa shape index (κ1) is 8.68. The quantitative estimate of drug-likeness (QED) is 0.759. The second-order valence-corrected chi connectivity index (χ2v) is 3.04. The van der Waals surface area contributed by atoms with Crippen molar-refractivity contribution in [3.05, 3.63) is 35.9 Å². The number of aromatic nitrogens is 4. The molecule has 0 saturated heterocycles. The van der Waals surface area contributed by atoms with Gasteiger partial charge >= 0.3 is 0 Å². The summed E-state index contributed by atoms with van der Waals surface area (Å²) in [5.74, 6) is 0.636. The zero-order valence-corrected chi connectivity index (χ0v) is 7.86. The minimum absolute atomic E-state index is 0.636. The minimum atomic E-state index is 0.636. The molecule has 5 heteroatoms. The van der Waals surface area contributed by atoms with E-state index in [2.05, 4.69) is 25.5 Å². The highest BCUT2D eigenvalue weighted by molar-refractivity contribution is 5.25. The molecule has 72 valence electrons. The zero-order chi connectivity index (χ0) is 9.80. The van der Waals surface area contributed by atoms with E-state index in [-0.39, 0.29) is 0 Å². The van der Waals surface area contributed by atoms with Gasteiger partial charge in [0.2, 0.25) is 5.95 Å². The molecular formula is C9H11N5. The highest BCUT2D eigenvalue weighted by atomic mass is 15.1. The Bertz CT molecular complexity index is 378. The lowest BCUT2D eigenvalue weighted by atomic mass is 10.4. The van der Waals surface area contributed by atoms with Gasteiger partial charge in [0.15, 0.2) is 0 Å². The van der Waals surface area contributed by atoms with E-state index in [0.717, 1.165) is 11.1 Å². The van der Waals surface area contributed by atoms with Crippen LogP contribution in [0.15, 0.2) is 24.8 Å². The number of rotatable bonds is 3. The standard InChI is InChI=1S/C9H11N5/c1-7-2-10-9(11-3-7)12-4-8-5-13-14-6-8/h2-3,5-6H,4H2,1H3,(H,13,14)(H,10,11,12). The molecule has 2 heterocycles. The summed E-state index contributed by atoms with van der Waals surface area (Å²) in [5.41, 5.74) is 2.13. The second kappa shape index (κ2) is 3.87. The Labute approximate surface area is 81.6 Å². The summed E-state index contributed by atoms with van der Waals surface area (Å²) in [4.78, 5) is 8.25. The van der Waals surface area contributed by atoms with Crippen molar-refractivity contribution in [3.63, 3.8) is 0 Å². The van der Waals surface area contributed by atoms with Gasteiger partial charge < -0.3 is 5.32 Å². The Hall–Kier alpha value is -1.91. The first-order valence-electron chi connectivity index (χ1n) is 4.35. The van der Waals surface area contributed by atoms with Crippen molar-refractivity contribution < 1.29 is 0 Å². The molecule has 5 nitrogen and oxygen atoms in total. The molecule has 2 aromatic rings. The lowest BCUT2D eigenvalue weighted by molar-refractivity contribution is 1.04. The molecule has 0 fully saturated rings. The van der Waals surface area contributed by atoms with Crippen LogP contribution in [0.25, 0.3) is 0 Å². The van der Waals surface area contributed by atoms with Gasteiger partial charge in [0, 0.05) is 30.7 Å². The van der Waals surface area contributed by atoms with Gasteiger partial charge in [0.1, 0.15) is 0 Å². The molecule has 0 bridgehead atoms. The predicted molar refractivity (Wildman–Crippen MR) is 52.7 cm³/mol. The Morgan fingerprint density at radius 1 is 1.29 bits per heavy atom. The van der Waals surface area contributed by atoms with Crippen LogP contribution in [0, 0.1) is 6.92 Å². The highest BCUT2D eigenvalue weighted by Crippen LogP contribution is 2.01. The van der Waals surface area contributed by atoms with E-state index in [0.29, 0.717) is 12.5 Å². The van der Waals surface area contributed by atoms with E-state index in [1.165, 1.54) is 0 Å². The van der Waals surface area contributed by atoms with Gasteiger partial charge in [-0.15, -0.1) is 0 Å². The zero-order valence-electron chi connectivity index (χ0n) is 7.86. The summed E-state index contributed by atoms with van der Waals surface area (Å²) < 4.78 is 0. The van der Waals surface area contributed by atoms with Crippen LogP contribution in [0.1, 0.15) is 11.1 Å². The van der Waals surface area contributed by atoms with Crippen LogP contribution >= 0.6 is 0 Å². The van der Waals surface area contributed by atoms with Crippen LogP contribution in [-0.2, 0) is 6.54 Å². The smallest absolute Gasteiger partial charge is 0.222 e. The van der Waals surface area contributed by atoms with Crippen LogP contribution in [0.2, 0.25) is 0 Å². The van der Waals surface area contributed by atoms with Crippen molar-refractivity contribution in [1.82, 2.24) is 20.2 Å². The van der Waals surface area contributed by atoms with Gasteiger partial charge in [0.05, 0.1) is 6.20 Å². The van der Waals surface area contributed by atoms with Crippen LogP contribution in [0.3, 0.4) is 0 Å². The van der Waals surface area contributed by atoms with E-state index >= 15 is 0 Å². The number of aromatic amines is 1. The molecular weight excluding hydrogens is 178 g/mol. The lowest BCUT2D eigenvalue weighted by Gasteiger charge is -2.01. The van der Waals surface area contributed by atoms with Gasteiger partial charge in [-0.05, 0) is 12.5 Å². The molecule has 0 aliphatic heterocycles. The first-order chi connectivity index (χ1) is 6.84. The normalized spacial score (nSPS) is 10.1. The maximum absolute atomic E-state index is 4.12. The van der Waals surface area contributed by atoms with Crippen molar-refractivity contribution in [1.29, 1.82) is 0 Å². The van der Waals surface area contributed by atoms with E-state index in [1.807, 2.05) is 13.1 Å². The van der Waals surface area contributed by atoms with Crippen LogP contribution in [0.5, 0.6) is 0 Å². The highest BCUT2D eigenvalue weighted by Gasteiger charge is 1.96. The number of anilines is 1. The third-order valence-corrected chi connectivity index (χ3v) is 1.79. The fraction of sp³-hybridized carbons (Fsp3) is 0.222. The lowest BCUT2D eigenvalue weighted by Crippen LogP contribution is -2.02. The van der Waals surface area contributed by atoms with Crippen molar-refractivity contribution in [2.24, 2.45) is 0 Å². The summed E-state index contributed by atoms with van der Waals surface area (Å²) in [6.07, 6.45) is 7.16. The fourth-order valence-electron chi connectivity index (χ4n) is 1.04. The molecule has 2 N–H and O–H groups in total. The molecule has 0 unspecified atom stereocenters. The van der Waals surface area contributed by atoms with Crippen molar-refractivity contribution >= 4 is 5.95 Å². The summed E-state index contributed by atoms with van der Waals surface area (Å²) in [6, 6.07) is 0. The van der Waals surface area contributed by atoms with Crippen LogP contribution in [-0.4, -0.2) is 20.2 Å². The average molecular weight is 189 g/mol. The monoisotopic (exact) mass is 189 g/mol. The summed E-state index contributed by atoms with van der Waals surface area (Å²) >= 11 is 0. The number of H-pyrrole nitrogens is 1. The van der Waals surface area contributed by atoms with Gasteiger partial charge in [-0.2, -0.15) is 5.10 Å². The topological polar surface area (TPSA) is 66.5 Å². The largest absolute Gasteiger partial charge is 0.350 e. The fourth-order valence-corrected chi connectivity index (χ4v) is 1.04. The Balaban J connectivity index is 1.95. The summed E-state index contributed by atoms with van der Waals surface area (Å²) in [5, 5.41) is 9.68. The molecule has 0 spiro atoms. The maximum Gasteiger partial charge on any atom is 0.222 e. The number of nitrogens with zero attached hydrogens (tertiary/aromatic N) is 3. The Morgan fingerprint density at radius 2 is 2.07 bits per heavy atom. The maximum atomic E-state index is 4.12. The second-order valence-electron chi connectivity index (χ2n) is 3.04. The Kier molecular flexibility index (Phi) is 2.40. The van der Waals surface area contributed by atoms with Gasteiger partial charge in [-0.1, -0.05) is 0 Å². The van der Waals surface area contributed by atoms with Crippen molar-refractivity contribution in [2.45, 2.75) is 13.5 Å². The predicted octanol–water partition coefficient (Wildman–Crippen LogP) is 1.12. The van der Waals surface area contributed by atoms with Crippen molar-refractivity contribution in [3.8, 4) is 0 Å².